The van der Waals surface area contributed by atoms with Gasteiger partial charge in [0.1, 0.15) is 6.54 Å². The smallest absolute Gasteiger partial charge is 0.323 e. The SMILES string of the molecule is CC(C)CN(CC(=O)O)C(=O)c1ccc(CS(C)(=O)=O)cc1. The van der Waals surface area contributed by atoms with Crippen LogP contribution in [0.5, 0.6) is 0 Å². The average molecular weight is 327 g/mol. The van der Waals surface area contributed by atoms with E-state index in [1.165, 1.54) is 17.0 Å². The molecule has 0 unspecified atom stereocenters. The normalized spacial score (nSPS) is 11.5. The van der Waals surface area contributed by atoms with E-state index in [0.717, 1.165) is 6.26 Å². The minimum Gasteiger partial charge on any atom is -0.480 e. The van der Waals surface area contributed by atoms with Gasteiger partial charge in [-0.05, 0) is 23.6 Å². The maximum Gasteiger partial charge on any atom is 0.323 e. The Kier molecular flexibility index (Phi) is 6.11. The lowest BCUT2D eigenvalue weighted by atomic mass is 10.1. The van der Waals surface area contributed by atoms with Crippen LogP contribution in [-0.4, -0.2) is 49.6 Å². The highest BCUT2D eigenvalue weighted by atomic mass is 32.2. The molecule has 1 aromatic carbocycles. The van der Waals surface area contributed by atoms with Crippen molar-refractivity contribution in [3.63, 3.8) is 0 Å². The minimum absolute atomic E-state index is 0.0910. The van der Waals surface area contributed by atoms with Crippen LogP contribution in [0, 0.1) is 5.92 Å². The largest absolute Gasteiger partial charge is 0.480 e. The summed E-state index contributed by atoms with van der Waals surface area (Å²) in [7, 11) is -3.13. The summed E-state index contributed by atoms with van der Waals surface area (Å²) in [6, 6.07) is 6.20. The standard InChI is InChI=1S/C15H21NO5S/c1-11(2)8-16(9-14(17)18)15(19)13-6-4-12(5-7-13)10-22(3,20)21/h4-7,11H,8-10H2,1-3H3,(H,17,18). The van der Waals surface area contributed by atoms with Crippen molar-refractivity contribution in [2.45, 2.75) is 19.6 Å². The number of hydrogen-bond acceptors (Lipinski definition) is 4. The molecule has 0 heterocycles. The van der Waals surface area contributed by atoms with E-state index >= 15 is 0 Å². The van der Waals surface area contributed by atoms with Crippen LogP contribution in [0.15, 0.2) is 24.3 Å². The van der Waals surface area contributed by atoms with E-state index in [4.69, 9.17) is 5.11 Å². The first-order chi connectivity index (χ1) is 10.1. The number of aliphatic carboxylic acids is 1. The predicted molar refractivity (Wildman–Crippen MR) is 83.4 cm³/mol. The molecule has 7 heteroatoms. The molecular weight excluding hydrogens is 306 g/mol. The summed E-state index contributed by atoms with van der Waals surface area (Å²) in [5.74, 6) is -1.38. The number of benzene rings is 1. The Bertz CT molecular complexity index is 634. The number of nitrogens with zero attached hydrogens (tertiary/aromatic N) is 1. The third-order valence-electron chi connectivity index (χ3n) is 2.83. The highest BCUT2D eigenvalue weighted by Crippen LogP contribution is 2.11. The number of carboxylic acid groups (broad SMARTS) is 1. The molecule has 0 aliphatic rings. The van der Waals surface area contributed by atoms with Gasteiger partial charge >= 0.3 is 5.97 Å². The molecule has 0 saturated carbocycles. The van der Waals surface area contributed by atoms with Crippen LogP contribution >= 0.6 is 0 Å². The van der Waals surface area contributed by atoms with Crippen molar-refractivity contribution in [3.05, 3.63) is 35.4 Å². The van der Waals surface area contributed by atoms with Crippen molar-refractivity contribution < 1.29 is 23.1 Å². The van der Waals surface area contributed by atoms with E-state index in [-0.39, 0.29) is 24.1 Å². The molecule has 0 saturated heterocycles. The molecule has 22 heavy (non-hydrogen) atoms. The Morgan fingerprint density at radius 2 is 1.73 bits per heavy atom. The van der Waals surface area contributed by atoms with Gasteiger partial charge in [0.2, 0.25) is 0 Å². The Balaban J connectivity index is 2.92. The zero-order valence-electron chi connectivity index (χ0n) is 12.9. The molecule has 0 aromatic heterocycles. The van der Waals surface area contributed by atoms with Gasteiger partial charge in [-0.1, -0.05) is 26.0 Å². The number of carboxylic acids is 1. The highest BCUT2D eigenvalue weighted by Gasteiger charge is 2.19. The molecule has 0 radical (unpaired) electrons. The third kappa shape index (κ3) is 6.26. The number of carbonyl (C=O) groups is 2. The number of sulfone groups is 1. The number of hydrogen-bond donors (Lipinski definition) is 1. The topological polar surface area (TPSA) is 91.8 Å². The molecular formula is C15H21NO5S. The first kappa shape index (κ1) is 18.2. The maximum absolute atomic E-state index is 12.4. The predicted octanol–water partition coefficient (Wildman–Crippen LogP) is 1.41. The highest BCUT2D eigenvalue weighted by molar-refractivity contribution is 7.89. The molecule has 0 spiro atoms. The van der Waals surface area contributed by atoms with Crippen molar-refractivity contribution in [2.24, 2.45) is 5.92 Å². The minimum atomic E-state index is -3.13. The van der Waals surface area contributed by atoms with Crippen LogP contribution in [0.3, 0.4) is 0 Å². The summed E-state index contributed by atoms with van der Waals surface area (Å²) in [6.45, 7) is 3.78. The molecule has 1 rings (SSSR count). The second-order valence-corrected chi connectivity index (χ2v) is 7.88. The zero-order valence-corrected chi connectivity index (χ0v) is 13.8. The summed E-state index contributed by atoms with van der Waals surface area (Å²) >= 11 is 0. The van der Waals surface area contributed by atoms with Gasteiger partial charge in [-0.3, -0.25) is 9.59 Å². The first-order valence-corrected chi connectivity index (χ1v) is 8.92. The van der Waals surface area contributed by atoms with Crippen molar-refractivity contribution >= 4 is 21.7 Å². The van der Waals surface area contributed by atoms with Crippen LogP contribution in [0.2, 0.25) is 0 Å². The first-order valence-electron chi connectivity index (χ1n) is 6.86. The molecule has 0 bridgehead atoms. The lowest BCUT2D eigenvalue weighted by Gasteiger charge is -2.22. The maximum atomic E-state index is 12.4. The van der Waals surface area contributed by atoms with Gasteiger partial charge < -0.3 is 10.0 Å². The summed E-state index contributed by atoms with van der Waals surface area (Å²) in [6.07, 6.45) is 1.14. The summed E-state index contributed by atoms with van der Waals surface area (Å²) in [4.78, 5) is 24.5. The second-order valence-electron chi connectivity index (χ2n) is 5.74. The van der Waals surface area contributed by atoms with E-state index in [2.05, 4.69) is 0 Å². The van der Waals surface area contributed by atoms with E-state index in [0.29, 0.717) is 17.7 Å². The van der Waals surface area contributed by atoms with Crippen LogP contribution < -0.4 is 0 Å². The molecule has 0 aliphatic heterocycles. The third-order valence-corrected chi connectivity index (χ3v) is 3.69. The van der Waals surface area contributed by atoms with E-state index in [9.17, 15) is 18.0 Å². The Morgan fingerprint density at radius 1 is 1.18 bits per heavy atom. The van der Waals surface area contributed by atoms with E-state index in [1.54, 1.807) is 12.1 Å². The van der Waals surface area contributed by atoms with E-state index in [1.807, 2.05) is 13.8 Å². The molecule has 0 aliphatic carbocycles. The van der Waals surface area contributed by atoms with Crippen LogP contribution in [-0.2, 0) is 20.4 Å². The number of rotatable bonds is 7. The van der Waals surface area contributed by atoms with Gasteiger partial charge in [0.15, 0.2) is 9.84 Å². The lowest BCUT2D eigenvalue weighted by molar-refractivity contribution is -0.137. The lowest BCUT2D eigenvalue weighted by Crippen LogP contribution is -2.38. The van der Waals surface area contributed by atoms with Gasteiger partial charge in [-0.2, -0.15) is 0 Å². The van der Waals surface area contributed by atoms with Crippen LogP contribution in [0.1, 0.15) is 29.8 Å². The molecule has 0 atom stereocenters. The monoisotopic (exact) mass is 327 g/mol. The van der Waals surface area contributed by atoms with Crippen molar-refractivity contribution in [2.75, 3.05) is 19.3 Å². The van der Waals surface area contributed by atoms with Crippen LogP contribution in [0.4, 0.5) is 0 Å². The number of carbonyl (C=O) groups excluding carboxylic acids is 1. The van der Waals surface area contributed by atoms with Crippen LogP contribution in [0.25, 0.3) is 0 Å². The zero-order chi connectivity index (χ0) is 16.9. The Labute approximate surface area is 130 Å². The molecule has 6 nitrogen and oxygen atoms in total. The molecule has 122 valence electrons. The summed E-state index contributed by atoms with van der Waals surface area (Å²) in [5, 5.41) is 8.90. The fourth-order valence-corrected chi connectivity index (χ4v) is 2.85. The molecule has 1 N–H and O–H groups in total. The fraction of sp³-hybridized carbons (Fsp3) is 0.467. The molecule has 1 aromatic rings. The van der Waals surface area contributed by atoms with Gasteiger partial charge in [-0.25, -0.2) is 8.42 Å². The van der Waals surface area contributed by atoms with Gasteiger partial charge in [0.25, 0.3) is 5.91 Å². The van der Waals surface area contributed by atoms with Crippen molar-refractivity contribution in [1.29, 1.82) is 0 Å². The van der Waals surface area contributed by atoms with Gasteiger partial charge in [0.05, 0.1) is 5.75 Å². The quantitative estimate of drug-likeness (QED) is 0.817. The fourth-order valence-electron chi connectivity index (χ4n) is 2.05. The van der Waals surface area contributed by atoms with Crippen molar-refractivity contribution in [3.8, 4) is 0 Å². The van der Waals surface area contributed by atoms with E-state index < -0.39 is 15.8 Å². The summed E-state index contributed by atoms with van der Waals surface area (Å²) < 4.78 is 22.5. The second kappa shape index (κ2) is 7.40. The Morgan fingerprint density at radius 3 is 2.14 bits per heavy atom. The van der Waals surface area contributed by atoms with Gasteiger partial charge in [0, 0.05) is 18.4 Å². The Hall–Kier alpha value is -1.89. The summed E-state index contributed by atoms with van der Waals surface area (Å²) in [5.41, 5.74) is 0.937. The molecule has 1 amide bonds. The van der Waals surface area contributed by atoms with Gasteiger partial charge in [-0.15, -0.1) is 0 Å². The molecule has 0 fully saturated rings. The van der Waals surface area contributed by atoms with Crippen molar-refractivity contribution in [1.82, 2.24) is 4.90 Å². The number of amides is 1. The average Bonchev–Trinajstić information content (AvgIpc) is 2.35.